The second-order valence-electron chi connectivity index (χ2n) is 4.93. The van der Waals surface area contributed by atoms with Gasteiger partial charge in [0.25, 0.3) is 5.91 Å². The molecule has 2 rings (SSSR count). The molecule has 0 fully saturated rings. The average molecular weight is 326 g/mol. The normalized spacial score (nSPS) is 10.8. The van der Waals surface area contributed by atoms with Gasteiger partial charge in [-0.25, -0.2) is 10.4 Å². The summed E-state index contributed by atoms with van der Waals surface area (Å²) in [5, 5.41) is 6.58. The number of nitrogens with zero attached hydrogens (tertiary/aromatic N) is 2. The highest BCUT2D eigenvalue weighted by Gasteiger charge is 2.11. The van der Waals surface area contributed by atoms with Crippen LogP contribution in [0.4, 0.5) is 5.82 Å². The number of carbonyl (C=O) groups excluding carboxylic acids is 2. The molecule has 0 radical (unpaired) electrons. The largest absolute Gasteiger partial charge is 0.496 e. The van der Waals surface area contributed by atoms with Gasteiger partial charge in [-0.3, -0.25) is 9.59 Å². The minimum atomic E-state index is -0.406. The lowest BCUT2D eigenvalue weighted by Crippen LogP contribution is -2.22. The molecule has 0 aliphatic rings. The standard InChI is InChI=1S/C17H18N4O3/c1-12(11-16(22)19-15-9-5-6-10-18-15)20-21-17(23)13-7-3-4-8-14(13)24-2/h3-10H,11H2,1-2H3,(H,21,23)(H,18,19,22)/b20-12-. The van der Waals surface area contributed by atoms with Gasteiger partial charge in [-0.05, 0) is 31.2 Å². The van der Waals surface area contributed by atoms with Crippen molar-refractivity contribution in [1.82, 2.24) is 10.4 Å². The van der Waals surface area contributed by atoms with Gasteiger partial charge in [-0.1, -0.05) is 18.2 Å². The Balaban J connectivity index is 1.91. The molecule has 1 aromatic carbocycles. The van der Waals surface area contributed by atoms with Gasteiger partial charge < -0.3 is 10.1 Å². The van der Waals surface area contributed by atoms with Crippen LogP contribution in [-0.2, 0) is 4.79 Å². The second kappa shape index (κ2) is 8.42. The fourth-order valence-corrected chi connectivity index (χ4v) is 1.93. The van der Waals surface area contributed by atoms with Gasteiger partial charge in [-0.2, -0.15) is 5.10 Å². The molecular formula is C17H18N4O3. The van der Waals surface area contributed by atoms with Crippen LogP contribution >= 0.6 is 0 Å². The first-order valence-electron chi connectivity index (χ1n) is 7.27. The molecule has 2 N–H and O–H groups in total. The summed E-state index contributed by atoms with van der Waals surface area (Å²) in [7, 11) is 1.49. The van der Waals surface area contributed by atoms with Crippen LogP contribution in [-0.4, -0.2) is 29.6 Å². The van der Waals surface area contributed by atoms with Gasteiger partial charge >= 0.3 is 0 Å². The molecule has 0 aliphatic carbocycles. The highest BCUT2D eigenvalue weighted by Crippen LogP contribution is 2.16. The third-order valence-corrected chi connectivity index (χ3v) is 3.05. The Bertz CT molecular complexity index is 745. The number of hydrogen-bond acceptors (Lipinski definition) is 5. The molecule has 0 bridgehead atoms. The van der Waals surface area contributed by atoms with Crippen molar-refractivity contribution in [3.05, 3.63) is 54.2 Å². The summed E-state index contributed by atoms with van der Waals surface area (Å²) in [5.74, 6) is 0.252. The average Bonchev–Trinajstić information content (AvgIpc) is 2.60. The molecule has 0 saturated carbocycles. The molecule has 124 valence electrons. The third-order valence-electron chi connectivity index (χ3n) is 3.05. The monoisotopic (exact) mass is 326 g/mol. The van der Waals surface area contributed by atoms with Crippen LogP contribution in [0.2, 0.25) is 0 Å². The van der Waals surface area contributed by atoms with Crippen molar-refractivity contribution >= 4 is 23.3 Å². The molecule has 0 atom stereocenters. The summed E-state index contributed by atoms with van der Waals surface area (Å²) in [6.07, 6.45) is 1.63. The zero-order chi connectivity index (χ0) is 17.4. The minimum absolute atomic E-state index is 0.0444. The van der Waals surface area contributed by atoms with E-state index in [1.165, 1.54) is 7.11 Å². The highest BCUT2D eigenvalue weighted by molar-refractivity contribution is 6.06. The zero-order valence-electron chi connectivity index (χ0n) is 13.4. The fourth-order valence-electron chi connectivity index (χ4n) is 1.93. The van der Waals surface area contributed by atoms with E-state index >= 15 is 0 Å². The number of hydrogen-bond donors (Lipinski definition) is 2. The van der Waals surface area contributed by atoms with E-state index in [1.54, 1.807) is 55.6 Å². The lowest BCUT2D eigenvalue weighted by molar-refractivity contribution is -0.115. The van der Waals surface area contributed by atoms with Gasteiger partial charge in [0.05, 0.1) is 19.1 Å². The summed E-state index contributed by atoms with van der Waals surface area (Å²) in [4.78, 5) is 28.0. The fraction of sp³-hybridized carbons (Fsp3) is 0.176. The SMILES string of the molecule is COc1ccccc1C(=O)N/N=C(/C)CC(=O)Nc1ccccn1. The van der Waals surface area contributed by atoms with Crippen LogP contribution in [0.5, 0.6) is 5.75 Å². The summed E-state index contributed by atoms with van der Waals surface area (Å²) >= 11 is 0. The van der Waals surface area contributed by atoms with Crippen molar-refractivity contribution in [3.8, 4) is 5.75 Å². The predicted molar refractivity (Wildman–Crippen MR) is 91.1 cm³/mol. The molecule has 7 nitrogen and oxygen atoms in total. The van der Waals surface area contributed by atoms with Gasteiger partial charge in [0, 0.05) is 11.9 Å². The van der Waals surface area contributed by atoms with Crippen molar-refractivity contribution < 1.29 is 14.3 Å². The first-order valence-corrected chi connectivity index (χ1v) is 7.27. The summed E-state index contributed by atoms with van der Waals surface area (Å²) < 4.78 is 5.12. The molecule has 1 aromatic heterocycles. The zero-order valence-corrected chi connectivity index (χ0v) is 13.4. The lowest BCUT2D eigenvalue weighted by atomic mass is 10.2. The second-order valence-corrected chi connectivity index (χ2v) is 4.93. The number of anilines is 1. The quantitative estimate of drug-likeness (QED) is 0.629. The number of rotatable bonds is 6. The van der Waals surface area contributed by atoms with Crippen LogP contribution in [0.3, 0.4) is 0 Å². The Kier molecular flexibility index (Phi) is 6.01. The number of benzene rings is 1. The number of methoxy groups -OCH3 is 1. The number of para-hydroxylation sites is 1. The summed E-state index contributed by atoms with van der Waals surface area (Å²) in [6.45, 7) is 1.65. The number of hydrazone groups is 1. The van der Waals surface area contributed by atoms with Crippen molar-refractivity contribution in [2.24, 2.45) is 5.10 Å². The Morgan fingerprint density at radius 2 is 1.92 bits per heavy atom. The van der Waals surface area contributed by atoms with Crippen LogP contribution in [0, 0.1) is 0 Å². The van der Waals surface area contributed by atoms with E-state index in [0.29, 0.717) is 22.8 Å². The van der Waals surface area contributed by atoms with E-state index in [0.717, 1.165) is 0 Å². The Hall–Kier alpha value is -3.22. The lowest BCUT2D eigenvalue weighted by Gasteiger charge is -2.07. The van der Waals surface area contributed by atoms with Crippen LogP contribution in [0.15, 0.2) is 53.8 Å². The van der Waals surface area contributed by atoms with Crippen LogP contribution in [0.25, 0.3) is 0 Å². The van der Waals surface area contributed by atoms with Gasteiger partial charge in [0.1, 0.15) is 11.6 Å². The molecular weight excluding hydrogens is 308 g/mol. The maximum absolute atomic E-state index is 12.1. The molecule has 24 heavy (non-hydrogen) atoms. The Labute approximate surface area is 139 Å². The van der Waals surface area contributed by atoms with E-state index in [2.05, 4.69) is 20.8 Å². The Morgan fingerprint density at radius 1 is 1.17 bits per heavy atom. The van der Waals surface area contributed by atoms with E-state index < -0.39 is 5.91 Å². The minimum Gasteiger partial charge on any atom is -0.496 e. The molecule has 0 unspecified atom stereocenters. The molecule has 0 aliphatic heterocycles. The maximum Gasteiger partial charge on any atom is 0.275 e. The van der Waals surface area contributed by atoms with Gasteiger partial charge in [-0.15, -0.1) is 0 Å². The van der Waals surface area contributed by atoms with Crippen molar-refractivity contribution in [1.29, 1.82) is 0 Å². The highest BCUT2D eigenvalue weighted by atomic mass is 16.5. The van der Waals surface area contributed by atoms with E-state index in [4.69, 9.17) is 4.74 Å². The molecule has 1 heterocycles. The maximum atomic E-state index is 12.1. The first-order chi connectivity index (χ1) is 11.6. The molecule has 2 aromatic rings. The number of carbonyl (C=O) groups is 2. The molecule has 7 heteroatoms. The number of nitrogens with one attached hydrogen (secondary N) is 2. The summed E-state index contributed by atoms with van der Waals surface area (Å²) in [5.41, 5.74) is 3.25. The Morgan fingerprint density at radius 3 is 2.62 bits per heavy atom. The first kappa shape index (κ1) is 17.1. The third kappa shape index (κ3) is 4.91. The number of aromatic nitrogens is 1. The molecule has 2 amide bonds. The topological polar surface area (TPSA) is 92.7 Å². The van der Waals surface area contributed by atoms with Crippen LogP contribution < -0.4 is 15.5 Å². The van der Waals surface area contributed by atoms with Gasteiger partial charge in [0.15, 0.2) is 0 Å². The van der Waals surface area contributed by atoms with Crippen LogP contribution in [0.1, 0.15) is 23.7 Å². The predicted octanol–water partition coefficient (Wildman–Crippen LogP) is 2.22. The summed E-state index contributed by atoms with van der Waals surface area (Å²) in [6, 6.07) is 12.0. The van der Waals surface area contributed by atoms with E-state index in [-0.39, 0.29) is 12.3 Å². The number of pyridine rings is 1. The van der Waals surface area contributed by atoms with Crippen molar-refractivity contribution in [2.75, 3.05) is 12.4 Å². The number of ether oxygens (including phenoxy) is 1. The molecule has 0 spiro atoms. The van der Waals surface area contributed by atoms with E-state index in [9.17, 15) is 9.59 Å². The smallest absolute Gasteiger partial charge is 0.275 e. The van der Waals surface area contributed by atoms with Crippen molar-refractivity contribution in [3.63, 3.8) is 0 Å². The number of amides is 2. The molecule has 0 saturated heterocycles. The van der Waals surface area contributed by atoms with Crippen molar-refractivity contribution in [2.45, 2.75) is 13.3 Å². The van der Waals surface area contributed by atoms with E-state index in [1.807, 2.05) is 0 Å². The van der Waals surface area contributed by atoms with Gasteiger partial charge in [0.2, 0.25) is 5.91 Å².